The number of hydrogen-bond acceptors (Lipinski definition) is 2. The van der Waals surface area contributed by atoms with Gasteiger partial charge in [0.05, 0.1) is 4.47 Å². The van der Waals surface area contributed by atoms with Gasteiger partial charge in [0.2, 0.25) is 0 Å². The van der Waals surface area contributed by atoms with Crippen LogP contribution in [0.25, 0.3) is 0 Å². The third-order valence-corrected chi connectivity index (χ3v) is 4.34. The topological polar surface area (TPSA) is 51.1 Å². The number of aryl methyl sites for hydroxylation is 1. The maximum atomic E-state index is 12.2. The van der Waals surface area contributed by atoms with E-state index in [0.29, 0.717) is 10.2 Å². The second-order valence-corrected chi connectivity index (χ2v) is 5.71. The Morgan fingerprint density at radius 3 is 2.65 bits per heavy atom. The zero-order valence-corrected chi connectivity index (χ0v) is 11.1. The highest BCUT2D eigenvalue weighted by Gasteiger charge is 2.46. The Morgan fingerprint density at radius 2 is 2.00 bits per heavy atom. The van der Waals surface area contributed by atoms with Crippen molar-refractivity contribution in [3.63, 3.8) is 0 Å². The van der Waals surface area contributed by atoms with Gasteiger partial charge in [-0.15, -0.1) is 0 Å². The van der Waals surface area contributed by atoms with Crippen LogP contribution < -0.4 is 10.9 Å². The fourth-order valence-electron chi connectivity index (χ4n) is 3.03. The van der Waals surface area contributed by atoms with E-state index in [-0.39, 0.29) is 11.5 Å². The van der Waals surface area contributed by atoms with Gasteiger partial charge < -0.3 is 5.32 Å². The molecule has 1 aliphatic carbocycles. The molecule has 1 aromatic rings. The Hall–Kier alpha value is -1.10. The first-order chi connectivity index (χ1) is 8.05. The van der Waals surface area contributed by atoms with Gasteiger partial charge in [-0.1, -0.05) is 0 Å². The maximum absolute atomic E-state index is 12.2. The van der Waals surface area contributed by atoms with Gasteiger partial charge in [0.1, 0.15) is 11.4 Å². The molecular weight excluding hydrogens is 284 g/mol. The minimum absolute atomic E-state index is 0.106. The standard InChI is InChI=1S/C12H13BrN2O2/c1-7-6-8(13)11(17)15-9(7)10(16)14-12(15)4-2-3-5-12/h6H,2-5H2,1H3,(H,14,16). The summed E-state index contributed by atoms with van der Waals surface area (Å²) in [6.07, 6.45) is 3.80. The van der Waals surface area contributed by atoms with Crippen LogP contribution in [0.5, 0.6) is 0 Å². The zero-order valence-electron chi connectivity index (χ0n) is 9.55. The van der Waals surface area contributed by atoms with Crippen LogP contribution >= 0.6 is 15.9 Å². The molecule has 1 aliphatic heterocycles. The summed E-state index contributed by atoms with van der Waals surface area (Å²) >= 11 is 3.28. The molecule has 0 aromatic carbocycles. The number of fused-ring (bicyclic) bond motifs is 2. The molecule has 0 atom stereocenters. The lowest BCUT2D eigenvalue weighted by molar-refractivity contribution is 0.0920. The molecule has 0 bridgehead atoms. The first-order valence-corrected chi connectivity index (χ1v) is 6.60. The van der Waals surface area contributed by atoms with Gasteiger partial charge in [0.15, 0.2) is 0 Å². The van der Waals surface area contributed by atoms with E-state index in [9.17, 15) is 9.59 Å². The summed E-state index contributed by atoms with van der Waals surface area (Å²) in [6.45, 7) is 1.86. The number of halogens is 1. The summed E-state index contributed by atoms with van der Waals surface area (Å²) in [5.74, 6) is -0.117. The Labute approximate surface area is 107 Å². The Balaban J connectivity index is 2.36. The summed E-state index contributed by atoms with van der Waals surface area (Å²) in [6, 6.07) is 1.72. The van der Waals surface area contributed by atoms with Gasteiger partial charge in [0.25, 0.3) is 11.5 Å². The van der Waals surface area contributed by atoms with Crippen molar-refractivity contribution < 1.29 is 4.79 Å². The van der Waals surface area contributed by atoms with E-state index in [0.717, 1.165) is 31.2 Å². The maximum Gasteiger partial charge on any atom is 0.270 e. The molecule has 1 fully saturated rings. The minimum Gasteiger partial charge on any atom is -0.327 e. The fourth-order valence-corrected chi connectivity index (χ4v) is 3.55. The van der Waals surface area contributed by atoms with Gasteiger partial charge in [0, 0.05) is 0 Å². The monoisotopic (exact) mass is 296 g/mol. The molecule has 2 aliphatic rings. The van der Waals surface area contributed by atoms with E-state index in [1.54, 1.807) is 10.6 Å². The number of nitrogens with one attached hydrogen (secondary N) is 1. The fraction of sp³-hybridized carbons (Fsp3) is 0.500. The predicted octanol–water partition coefficient (Wildman–Crippen LogP) is 1.89. The molecule has 17 heavy (non-hydrogen) atoms. The number of amides is 1. The zero-order chi connectivity index (χ0) is 12.2. The van der Waals surface area contributed by atoms with Crippen molar-refractivity contribution >= 4 is 21.8 Å². The van der Waals surface area contributed by atoms with Crippen molar-refractivity contribution in [2.75, 3.05) is 0 Å². The molecule has 0 radical (unpaired) electrons. The van der Waals surface area contributed by atoms with E-state index in [2.05, 4.69) is 21.2 Å². The predicted molar refractivity (Wildman–Crippen MR) is 67.0 cm³/mol. The summed E-state index contributed by atoms with van der Waals surface area (Å²) in [7, 11) is 0. The molecule has 1 N–H and O–H groups in total. The molecule has 1 aromatic heterocycles. The lowest BCUT2D eigenvalue weighted by Gasteiger charge is -2.26. The van der Waals surface area contributed by atoms with Crippen LogP contribution in [0.2, 0.25) is 0 Å². The van der Waals surface area contributed by atoms with Crippen LogP contribution in [0, 0.1) is 6.92 Å². The second kappa shape index (κ2) is 3.45. The molecule has 2 heterocycles. The number of nitrogens with zero attached hydrogens (tertiary/aromatic N) is 1. The molecule has 5 heteroatoms. The summed E-state index contributed by atoms with van der Waals surface area (Å²) in [4.78, 5) is 24.3. The molecule has 1 spiro atoms. The Morgan fingerprint density at radius 1 is 1.35 bits per heavy atom. The smallest absolute Gasteiger partial charge is 0.270 e. The van der Waals surface area contributed by atoms with E-state index < -0.39 is 5.66 Å². The van der Waals surface area contributed by atoms with Gasteiger partial charge >= 0.3 is 0 Å². The van der Waals surface area contributed by atoms with Gasteiger partial charge in [-0.05, 0) is 60.2 Å². The van der Waals surface area contributed by atoms with Crippen molar-refractivity contribution in [1.29, 1.82) is 0 Å². The van der Waals surface area contributed by atoms with Crippen molar-refractivity contribution in [1.82, 2.24) is 9.88 Å². The van der Waals surface area contributed by atoms with E-state index >= 15 is 0 Å². The average molecular weight is 297 g/mol. The van der Waals surface area contributed by atoms with Crippen molar-refractivity contribution in [3.05, 3.63) is 32.2 Å². The SMILES string of the molecule is Cc1cc(Br)c(=O)n2c1C(=O)NC21CCCC1. The molecule has 0 unspecified atom stereocenters. The molecule has 0 saturated heterocycles. The number of carbonyl (C=O) groups excluding carboxylic acids is 1. The van der Waals surface area contributed by atoms with Crippen LogP contribution in [0.4, 0.5) is 0 Å². The Bertz CT molecular complexity index is 571. The molecule has 1 amide bonds. The number of aromatic nitrogens is 1. The molecule has 1 saturated carbocycles. The van der Waals surface area contributed by atoms with E-state index in [4.69, 9.17) is 0 Å². The lowest BCUT2D eigenvalue weighted by Crippen LogP contribution is -2.45. The first-order valence-electron chi connectivity index (χ1n) is 5.80. The van der Waals surface area contributed by atoms with E-state index in [1.165, 1.54) is 0 Å². The largest absolute Gasteiger partial charge is 0.327 e. The van der Waals surface area contributed by atoms with Crippen molar-refractivity contribution in [2.24, 2.45) is 0 Å². The van der Waals surface area contributed by atoms with Crippen LogP contribution in [0.3, 0.4) is 0 Å². The highest BCUT2D eigenvalue weighted by molar-refractivity contribution is 9.10. The third-order valence-electron chi connectivity index (χ3n) is 3.77. The normalized spacial score (nSPS) is 20.7. The lowest BCUT2D eigenvalue weighted by atomic mass is 10.1. The minimum atomic E-state index is -0.460. The number of pyridine rings is 1. The number of rotatable bonds is 0. The second-order valence-electron chi connectivity index (χ2n) is 4.86. The van der Waals surface area contributed by atoms with Gasteiger partial charge in [-0.3, -0.25) is 14.2 Å². The molecule has 3 rings (SSSR count). The van der Waals surface area contributed by atoms with Gasteiger partial charge in [-0.25, -0.2) is 0 Å². The Kier molecular flexibility index (Phi) is 2.23. The van der Waals surface area contributed by atoms with Crippen LogP contribution in [0.1, 0.15) is 41.7 Å². The van der Waals surface area contributed by atoms with Crippen LogP contribution in [-0.2, 0) is 5.66 Å². The highest BCUT2D eigenvalue weighted by Crippen LogP contribution is 2.38. The summed E-state index contributed by atoms with van der Waals surface area (Å²) in [5, 5.41) is 3.01. The number of carbonyl (C=O) groups is 1. The number of hydrogen-bond donors (Lipinski definition) is 1. The highest BCUT2D eigenvalue weighted by atomic mass is 79.9. The third kappa shape index (κ3) is 1.35. The summed E-state index contributed by atoms with van der Waals surface area (Å²) in [5.41, 5.74) is 0.807. The molecular formula is C12H13BrN2O2. The van der Waals surface area contributed by atoms with Crippen LogP contribution in [-0.4, -0.2) is 10.5 Å². The van der Waals surface area contributed by atoms with Crippen LogP contribution in [0.15, 0.2) is 15.3 Å². The molecule has 4 nitrogen and oxygen atoms in total. The van der Waals surface area contributed by atoms with E-state index in [1.807, 2.05) is 6.92 Å². The van der Waals surface area contributed by atoms with Gasteiger partial charge in [-0.2, -0.15) is 0 Å². The first kappa shape index (κ1) is 11.0. The summed E-state index contributed by atoms with van der Waals surface area (Å²) < 4.78 is 2.20. The van der Waals surface area contributed by atoms with Crippen molar-refractivity contribution in [3.8, 4) is 0 Å². The quantitative estimate of drug-likeness (QED) is 0.795. The van der Waals surface area contributed by atoms with Crippen molar-refractivity contribution in [2.45, 2.75) is 38.3 Å². The average Bonchev–Trinajstić information content (AvgIpc) is 2.82. The molecule has 90 valence electrons.